The van der Waals surface area contributed by atoms with Crippen molar-refractivity contribution in [2.45, 2.75) is 13.3 Å². The summed E-state index contributed by atoms with van der Waals surface area (Å²) >= 11 is 0. The van der Waals surface area contributed by atoms with Crippen LogP contribution in [-0.4, -0.2) is 23.8 Å². The van der Waals surface area contributed by atoms with E-state index in [2.05, 4.69) is 16.7 Å². The predicted molar refractivity (Wildman–Crippen MR) is 46.2 cm³/mol. The Morgan fingerprint density at radius 2 is 2.36 bits per heavy atom. The molecule has 0 aromatic rings. The number of rotatable bonds is 4. The van der Waals surface area contributed by atoms with Gasteiger partial charge >= 0.3 is 0 Å². The zero-order valence-corrected chi connectivity index (χ0v) is 6.62. The molecular formula is C7H13N3O. The van der Waals surface area contributed by atoms with Crippen LogP contribution in [-0.2, 0) is 0 Å². The minimum atomic E-state index is 0.238. The summed E-state index contributed by atoms with van der Waals surface area (Å²) in [6.07, 6.45) is 1.83. The zero-order valence-electron chi connectivity index (χ0n) is 6.62. The van der Waals surface area contributed by atoms with Crippen LogP contribution in [0.4, 0.5) is 0 Å². The molecule has 0 aromatic heterocycles. The van der Waals surface area contributed by atoms with Crippen LogP contribution in [0.3, 0.4) is 0 Å². The second-order valence-electron chi connectivity index (χ2n) is 2.07. The summed E-state index contributed by atoms with van der Waals surface area (Å²) in [6.45, 7) is 5.77. The number of aliphatic imine (C=N–C) groups is 1. The van der Waals surface area contributed by atoms with Crippen LogP contribution in [0.2, 0.25) is 0 Å². The molecule has 4 heteroatoms. The van der Waals surface area contributed by atoms with Crippen LogP contribution in [0.25, 0.3) is 0 Å². The molecule has 0 amide bonds. The van der Waals surface area contributed by atoms with Gasteiger partial charge in [-0.05, 0) is 12.5 Å². The summed E-state index contributed by atoms with van der Waals surface area (Å²) in [4.78, 5) is 3.95. The van der Waals surface area contributed by atoms with Gasteiger partial charge in [-0.1, -0.05) is 6.58 Å². The monoisotopic (exact) mass is 155 g/mol. The first-order valence-electron chi connectivity index (χ1n) is 3.27. The molecule has 11 heavy (non-hydrogen) atoms. The molecule has 0 unspecified atom stereocenters. The van der Waals surface area contributed by atoms with E-state index in [4.69, 9.17) is 10.9 Å². The Kier molecular flexibility index (Phi) is 5.02. The summed E-state index contributed by atoms with van der Waals surface area (Å²) in [5.74, 6) is 0. The molecule has 0 aliphatic rings. The first-order valence-corrected chi connectivity index (χ1v) is 3.27. The van der Waals surface area contributed by atoms with E-state index in [1.807, 2.05) is 6.92 Å². The summed E-state index contributed by atoms with van der Waals surface area (Å²) in [5, 5.41) is 11.0. The van der Waals surface area contributed by atoms with E-state index in [0.29, 0.717) is 6.42 Å². The Hall–Kier alpha value is -1.16. The van der Waals surface area contributed by atoms with E-state index < -0.39 is 0 Å². The van der Waals surface area contributed by atoms with Gasteiger partial charge < -0.3 is 10.9 Å². The van der Waals surface area contributed by atoms with Crippen molar-refractivity contribution in [2.75, 3.05) is 6.67 Å². The summed E-state index contributed by atoms with van der Waals surface area (Å²) in [6, 6.07) is 0. The van der Waals surface area contributed by atoms with Crippen molar-refractivity contribution >= 4 is 11.9 Å². The van der Waals surface area contributed by atoms with E-state index >= 15 is 0 Å². The van der Waals surface area contributed by atoms with Crippen LogP contribution in [0, 0.1) is 0 Å². The van der Waals surface area contributed by atoms with Gasteiger partial charge in [0, 0.05) is 18.3 Å². The molecule has 3 N–H and O–H groups in total. The van der Waals surface area contributed by atoms with Gasteiger partial charge in [-0.15, -0.1) is 5.16 Å². The van der Waals surface area contributed by atoms with E-state index in [0.717, 1.165) is 11.3 Å². The number of allylic oxidation sites excluding steroid dienone is 1. The average Bonchev–Trinajstić information content (AvgIpc) is 1.97. The van der Waals surface area contributed by atoms with Crippen molar-refractivity contribution in [3.8, 4) is 0 Å². The Balaban J connectivity index is 4.12. The summed E-state index contributed by atoms with van der Waals surface area (Å²) < 4.78 is 0. The molecular weight excluding hydrogens is 142 g/mol. The number of oxime groups is 1. The van der Waals surface area contributed by atoms with Crippen molar-refractivity contribution in [3.05, 3.63) is 12.2 Å². The molecule has 0 bridgehead atoms. The second kappa shape index (κ2) is 5.61. The summed E-state index contributed by atoms with van der Waals surface area (Å²) in [5.41, 5.74) is 6.82. The molecule has 0 heterocycles. The minimum absolute atomic E-state index is 0.238. The van der Waals surface area contributed by atoms with Crippen LogP contribution in [0.5, 0.6) is 0 Å². The molecule has 0 saturated carbocycles. The van der Waals surface area contributed by atoms with E-state index in [-0.39, 0.29) is 6.67 Å². The molecule has 0 atom stereocenters. The molecule has 4 nitrogen and oxygen atoms in total. The van der Waals surface area contributed by atoms with Crippen molar-refractivity contribution < 1.29 is 5.21 Å². The third-order valence-corrected chi connectivity index (χ3v) is 1.14. The van der Waals surface area contributed by atoms with Gasteiger partial charge in [-0.3, -0.25) is 4.99 Å². The molecule has 0 aliphatic carbocycles. The lowest BCUT2D eigenvalue weighted by molar-refractivity contribution is 0.321. The van der Waals surface area contributed by atoms with Crippen molar-refractivity contribution in [1.29, 1.82) is 0 Å². The molecule has 0 aliphatic heterocycles. The second-order valence-corrected chi connectivity index (χ2v) is 2.07. The van der Waals surface area contributed by atoms with E-state index in [9.17, 15) is 0 Å². The standard InChI is InChI=1S/C7H13N3O/c1-6(2)7(9-5-8)3-4-10-11/h4,11H,1,3,5,8H2,2H3/b9-7-,10-4-. The molecule has 0 aromatic carbocycles. The highest BCUT2D eigenvalue weighted by atomic mass is 16.4. The highest BCUT2D eigenvalue weighted by Gasteiger charge is 1.96. The molecule has 0 saturated heterocycles. The first kappa shape index (κ1) is 9.84. The maximum absolute atomic E-state index is 8.12. The lowest BCUT2D eigenvalue weighted by atomic mass is 10.1. The minimum Gasteiger partial charge on any atom is -0.411 e. The van der Waals surface area contributed by atoms with Gasteiger partial charge in [0.25, 0.3) is 0 Å². The van der Waals surface area contributed by atoms with Gasteiger partial charge in [-0.25, -0.2) is 0 Å². The fraction of sp³-hybridized carbons (Fsp3) is 0.429. The number of hydrogen-bond acceptors (Lipinski definition) is 4. The zero-order chi connectivity index (χ0) is 8.69. The van der Waals surface area contributed by atoms with Gasteiger partial charge in [0.05, 0.1) is 6.67 Å². The number of hydrogen-bond donors (Lipinski definition) is 2. The molecule has 62 valence electrons. The third-order valence-electron chi connectivity index (χ3n) is 1.14. The topological polar surface area (TPSA) is 71.0 Å². The maximum Gasteiger partial charge on any atom is 0.0862 e. The maximum atomic E-state index is 8.12. The largest absolute Gasteiger partial charge is 0.411 e. The predicted octanol–water partition coefficient (Wildman–Crippen LogP) is 0.770. The Bertz CT molecular complexity index is 184. The molecule has 0 rings (SSSR count). The third kappa shape index (κ3) is 4.27. The lowest BCUT2D eigenvalue weighted by Gasteiger charge is -1.99. The van der Waals surface area contributed by atoms with Crippen molar-refractivity contribution in [2.24, 2.45) is 15.9 Å². The van der Waals surface area contributed by atoms with Crippen LogP contribution >= 0.6 is 0 Å². The summed E-state index contributed by atoms with van der Waals surface area (Å²) in [7, 11) is 0. The van der Waals surface area contributed by atoms with E-state index in [1.54, 1.807) is 0 Å². The smallest absolute Gasteiger partial charge is 0.0862 e. The number of nitrogens with two attached hydrogens (primary N) is 1. The fourth-order valence-electron chi connectivity index (χ4n) is 0.611. The van der Waals surface area contributed by atoms with E-state index in [1.165, 1.54) is 6.21 Å². The molecule has 0 spiro atoms. The molecule has 0 radical (unpaired) electrons. The van der Waals surface area contributed by atoms with Crippen molar-refractivity contribution in [1.82, 2.24) is 0 Å². The Morgan fingerprint density at radius 3 is 2.73 bits per heavy atom. The first-order chi connectivity index (χ1) is 5.22. The molecule has 0 fully saturated rings. The van der Waals surface area contributed by atoms with Gasteiger partial charge in [-0.2, -0.15) is 0 Å². The fourth-order valence-corrected chi connectivity index (χ4v) is 0.611. The van der Waals surface area contributed by atoms with Crippen molar-refractivity contribution in [3.63, 3.8) is 0 Å². The normalized spacial score (nSPS) is 12.4. The number of nitrogens with zero attached hydrogens (tertiary/aromatic N) is 2. The highest BCUT2D eigenvalue weighted by molar-refractivity contribution is 6.06. The van der Waals surface area contributed by atoms with Gasteiger partial charge in [0.1, 0.15) is 0 Å². The van der Waals surface area contributed by atoms with Gasteiger partial charge in [0.2, 0.25) is 0 Å². The van der Waals surface area contributed by atoms with Crippen LogP contribution < -0.4 is 5.73 Å². The highest BCUT2D eigenvalue weighted by Crippen LogP contribution is 1.96. The SMILES string of the molecule is C=C(C)/C(C/C=N\O)=N\CN. The van der Waals surface area contributed by atoms with Crippen LogP contribution in [0.1, 0.15) is 13.3 Å². The Morgan fingerprint density at radius 1 is 1.73 bits per heavy atom. The quantitative estimate of drug-likeness (QED) is 0.357. The Labute approximate surface area is 66.1 Å². The van der Waals surface area contributed by atoms with Gasteiger partial charge in [0.15, 0.2) is 0 Å². The average molecular weight is 155 g/mol. The van der Waals surface area contributed by atoms with Crippen LogP contribution in [0.15, 0.2) is 22.3 Å². The lowest BCUT2D eigenvalue weighted by Crippen LogP contribution is -2.05.